The Labute approximate surface area is 129 Å². The molecule has 0 aromatic heterocycles. The molecular formula is C18H31NS. The first-order valence-electron chi connectivity index (χ1n) is 8.19. The van der Waals surface area contributed by atoms with Gasteiger partial charge in [-0.15, -0.1) is 11.8 Å². The minimum atomic E-state index is 0.659. The first-order valence-corrected chi connectivity index (χ1v) is 9.18. The number of benzene rings is 1. The van der Waals surface area contributed by atoms with Gasteiger partial charge in [0.15, 0.2) is 0 Å². The van der Waals surface area contributed by atoms with Gasteiger partial charge in [0.1, 0.15) is 0 Å². The van der Waals surface area contributed by atoms with Gasteiger partial charge in [0.2, 0.25) is 0 Å². The zero-order valence-corrected chi connectivity index (χ0v) is 14.3. The molecule has 1 atom stereocenters. The Kier molecular flexibility index (Phi) is 9.86. The Morgan fingerprint density at radius 3 is 2.50 bits per heavy atom. The van der Waals surface area contributed by atoms with E-state index in [1.807, 2.05) is 11.8 Å². The van der Waals surface area contributed by atoms with Crippen molar-refractivity contribution in [3.63, 3.8) is 0 Å². The molecule has 0 aliphatic rings. The molecule has 0 bridgehead atoms. The topological polar surface area (TPSA) is 12.0 Å². The molecule has 0 radical (unpaired) electrons. The van der Waals surface area contributed by atoms with Crippen molar-refractivity contribution in [3.05, 3.63) is 29.8 Å². The van der Waals surface area contributed by atoms with E-state index in [2.05, 4.69) is 50.4 Å². The number of aryl methyl sites for hydroxylation is 1. The Morgan fingerprint density at radius 1 is 1.05 bits per heavy atom. The van der Waals surface area contributed by atoms with Gasteiger partial charge in [-0.2, -0.15) is 0 Å². The first kappa shape index (κ1) is 17.6. The predicted molar refractivity (Wildman–Crippen MR) is 92.7 cm³/mol. The molecule has 0 aliphatic carbocycles. The molecule has 0 fully saturated rings. The smallest absolute Gasteiger partial charge is 0.0161 e. The number of thioether (sulfide) groups is 1. The van der Waals surface area contributed by atoms with Crippen LogP contribution >= 0.6 is 11.8 Å². The van der Waals surface area contributed by atoms with Crippen LogP contribution in [0.5, 0.6) is 0 Å². The van der Waals surface area contributed by atoms with E-state index < -0.39 is 0 Å². The van der Waals surface area contributed by atoms with Crippen LogP contribution in [-0.2, 0) is 0 Å². The maximum absolute atomic E-state index is 3.64. The third-order valence-corrected chi connectivity index (χ3v) is 5.02. The maximum Gasteiger partial charge on any atom is 0.0161 e. The van der Waals surface area contributed by atoms with Gasteiger partial charge in [0.25, 0.3) is 0 Å². The molecule has 0 spiro atoms. The van der Waals surface area contributed by atoms with Crippen molar-refractivity contribution >= 4 is 11.8 Å². The molecule has 0 saturated heterocycles. The summed E-state index contributed by atoms with van der Waals surface area (Å²) in [6, 6.07) is 9.36. The average Bonchev–Trinajstić information content (AvgIpc) is 2.46. The van der Waals surface area contributed by atoms with E-state index in [0.717, 1.165) is 6.54 Å². The van der Waals surface area contributed by atoms with Crippen LogP contribution in [0.25, 0.3) is 0 Å². The van der Waals surface area contributed by atoms with Crippen LogP contribution in [0.3, 0.4) is 0 Å². The fourth-order valence-corrected chi connectivity index (χ4v) is 3.57. The number of nitrogens with one attached hydrogen (secondary N) is 1. The standard InChI is InChI=1S/C18H31NS/c1-4-6-7-8-9-13-17(19-5-2)15-20-18-14-11-10-12-16(18)3/h10-12,14,17,19H,4-9,13,15H2,1-3H3. The van der Waals surface area contributed by atoms with Crippen LogP contribution in [0.4, 0.5) is 0 Å². The highest BCUT2D eigenvalue weighted by Crippen LogP contribution is 2.23. The van der Waals surface area contributed by atoms with Crippen LogP contribution in [0.2, 0.25) is 0 Å². The summed E-state index contributed by atoms with van der Waals surface area (Å²) in [5.74, 6) is 1.19. The Bertz CT molecular complexity index is 351. The molecule has 1 aromatic rings. The second-order valence-electron chi connectivity index (χ2n) is 5.53. The number of hydrogen-bond acceptors (Lipinski definition) is 2. The monoisotopic (exact) mass is 293 g/mol. The van der Waals surface area contributed by atoms with Crippen molar-refractivity contribution in [2.24, 2.45) is 0 Å². The summed E-state index contributed by atoms with van der Waals surface area (Å²) >= 11 is 2.00. The van der Waals surface area contributed by atoms with E-state index in [1.165, 1.54) is 54.7 Å². The lowest BCUT2D eigenvalue weighted by atomic mass is 10.1. The molecule has 1 unspecified atom stereocenters. The second kappa shape index (κ2) is 11.2. The van der Waals surface area contributed by atoms with Gasteiger partial charge < -0.3 is 5.32 Å². The Balaban J connectivity index is 2.29. The molecule has 1 nitrogen and oxygen atoms in total. The number of unbranched alkanes of at least 4 members (excludes halogenated alkanes) is 4. The summed E-state index contributed by atoms with van der Waals surface area (Å²) < 4.78 is 0. The highest BCUT2D eigenvalue weighted by atomic mass is 32.2. The summed E-state index contributed by atoms with van der Waals surface area (Å²) in [5, 5.41) is 3.64. The molecule has 0 amide bonds. The van der Waals surface area contributed by atoms with Gasteiger partial charge in [-0.1, -0.05) is 64.2 Å². The summed E-state index contributed by atoms with van der Waals surface area (Å²) in [4.78, 5) is 1.43. The maximum atomic E-state index is 3.64. The second-order valence-corrected chi connectivity index (χ2v) is 6.60. The lowest BCUT2D eigenvalue weighted by Crippen LogP contribution is -2.31. The van der Waals surface area contributed by atoms with Gasteiger partial charge in [-0.3, -0.25) is 0 Å². The molecule has 1 N–H and O–H groups in total. The Morgan fingerprint density at radius 2 is 1.80 bits per heavy atom. The fourth-order valence-electron chi connectivity index (χ4n) is 2.44. The van der Waals surface area contributed by atoms with Gasteiger partial charge >= 0.3 is 0 Å². The van der Waals surface area contributed by atoms with Crippen LogP contribution in [0, 0.1) is 6.92 Å². The molecule has 1 aromatic carbocycles. The third kappa shape index (κ3) is 7.35. The minimum absolute atomic E-state index is 0.659. The zero-order valence-electron chi connectivity index (χ0n) is 13.5. The van der Waals surface area contributed by atoms with Gasteiger partial charge in [-0.05, 0) is 31.5 Å². The molecule has 0 saturated carbocycles. The highest BCUT2D eigenvalue weighted by Gasteiger charge is 2.08. The zero-order chi connectivity index (χ0) is 14.6. The summed E-state index contributed by atoms with van der Waals surface area (Å²) in [6.07, 6.45) is 8.21. The number of hydrogen-bond donors (Lipinski definition) is 1. The van der Waals surface area contributed by atoms with Crippen LogP contribution in [-0.4, -0.2) is 18.3 Å². The van der Waals surface area contributed by atoms with Crippen molar-refractivity contribution in [2.45, 2.75) is 70.2 Å². The van der Waals surface area contributed by atoms with E-state index in [0.29, 0.717) is 6.04 Å². The molecular weight excluding hydrogens is 262 g/mol. The van der Waals surface area contributed by atoms with Crippen LogP contribution < -0.4 is 5.32 Å². The summed E-state index contributed by atoms with van der Waals surface area (Å²) in [5.41, 5.74) is 1.40. The van der Waals surface area contributed by atoms with Gasteiger partial charge in [0, 0.05) is 16.7 Å². The van der Waals surface area contributed by atoms with Gasteiger partial charge in [0.05, 0.1) is 0 Å². The largest absolute Gasteiger partial charge is 0.313 e. The molecule has 20 heavy (non-hydrogen) atoms. The Hall–Kier alpha value is -0.470. The SMILES string of the molecule is CCCCCCCC(CSc1ccccc1C)NCC. The molecule has 0 aliphatic heterocycles. The van der Waals surface area contributed by atoms with Crippen molar-refractivity contribution in [1.82, 2.24) is 5.32 Å². The number of rotatable bonds is 11. The van der Waals surface area contributed by atoms with E-state index >= 15 is 0 Å². The third-order valence-electron chi connectivity index (χ3n) is 3.68. The van der Waals surface area contributed by atoms with Crippen molar-refractivity contribution in [1.29, 1.82) is 0 Å². The summed E-state index contributed by atoms with van der Waals surface area (Å²) in [7, 11) is 0. The lowest BCUT2D eigenvalue weighted by Gasteiger charge is -2.18. The average molecular weight is 294 g/mol. The quantitative estimate of drug-likeness (QED) is 0.431. The van der Waals surface area contributed by atoms with E-state index in [-0.39, 0.29) is 0 Å². The minimum Gasteiger partial charge on any atom is -0.313 e. The lowest BCUT2D eigenvalue weighted by molar-refractivity contribution is 0.496. The molecule has 2 heteroatoms. The molecule has 0 heterocycles. The van der Waals surface area contributed by atoms with E-state index in [1.54, 1.807) is 0 Å². The molecule has 114 valence electrons. The van der Waals surface area contributed by atoms with Crippen molar-refractivity contribution in [3.8, 4) is 0 Å². The molecule has 1 rings (SSSR count). The fraction of sp³-hybridized carbons (Fsp3) is 0.667. The van der Waals surface area contributed by atoms with Crippen molar-refractivity contribution in [2.75, 3.05) is 12.3 Å². The highest BCUT2D eigenvalue weighted by molar-refractivity contribution is 7.99. The normalized spacial score (nSPS) is 12.6. The predicted octanol–water partition coefficient (Wildman–Crippen LogP) is 5.43. The first-order chi connectivity index (χ1) is 9.77. The van der Waals surface area contributed by atoms with Crippen LogP contribution in [0.15, 0.2) is 29.2 Å². The van der Waals surface area contributed by atoms with E-state index in [4.69, 9.17) is 0 Å². The summed E-state index contributed by atoms with van der Waals surface area (Å²) in [6.45, 7) is 7.77. The van der Waals surface area contributed by atoms with Crippen molar-refractivity contribution < 1.29 is 0 Å². The van der Waals surface area contributed by atoms with E-state index in [9.17, 15) is 0 Å². The van der Waals surface area contributed by atoms with Crippen LogP contribution in [0.1, 0.15) is 57.9 Å². The van der Waals surface area contributed by atoms with Gasteiger partial charge in [-0.25, -0.2) is 0 Å².